The van der Waals surface area contributed by atoms with Gasteiger partial charge in [-0.05, 0) is 57.2 Å². The number of nitrogens with one attached hydrogen (secondary N) is 1. The zero-order valence-electron chi connectivity index (χ0n) is 20.6. The number of likely N-dealkylation sites (tertiary alicyclic amines) is 1. The molecule has 7 nitrogen and oxygen atoms in total. The van der Waals surface area contributed by atoms with Gasteiger partial charge in [0.2, 0.25) is 5.91 Å². The molecule has 0 bridgehead atoms. The second kappa shape index (κ2) is 14.9. The van der Waals surface area contributed by atoms with Crippen LogP contribution >= 0.6 is 0 Å². The van der Waals surface area contributed by atoms with Gasteiger partial charge in [-0.2, -0.15) is 0 Å². The molecule has 1 aliphatic rings. The fourth-order valence-corrected chi connectivity index (χ4v) is 3.96. The van der Waals surface area contributed by atoms with E-state index in [0.29, 0.717) is 0 Å². The van der Waals surface area contributed by atoms with Crippen molar-refractivity contribution in [2.75, 3.05) is 74.1 Å². The smallest absolute Gasteiger partial charge is 0.243 e. The van der Waals surface area contributed by atoms with Crippen molar-refractivity contribution in [2.45, 2.75) is 32.1 Å². The summed E-state index contributed by atoms with van der Waals surface area (Å²) in [5.74, 6) is 1.67. The predicted octanol–water partition coefficient (Wildman–Crippen LogP) is 2.33. The fraction of sp³-hybridized carbons (Fsp3) is 0.680. The molecule has 32 heavy (non-hydrogen) atoms. The number of ether oxygens (including phenoxy) is 1. The van der Waals surface area contributed by atoms with Crippen LogP contribution < -0.4 is 5.32 Å². The zero-order chi connectivity index (χ0) is 23.2. The first-order valence-corrected chi connectivity index (χ1v) is 11.9. The van der Waals surface area contributed by atoms with Gasteiger partial charge in [0.1, 0.15) is 6.54 Å². The van der Waals surface area contributed by atoms with Gasteiger partial charge in [0.05, 0.1) is 6.61 Å². The van der Waals surface area contributed by atoms with Gasteiger partial charge in [-0.1, -0.05) is 30.3 Å². The Hall–Kier alpha value is -2.12. The van der Waals surface area contributed by atoms with Gasteiger partial charge < -0.3 is 24.8 Å². The van der Waals surface area contributed by atoms with E-state index in [1.165, 1.54) is 31.2 Å². The summed E-state index contributed by atoms with van der Waals surface area (Å²) in [6.45, 7) is 5.92. The Balaban J connectivity index is 1.81. The first-order chi connectivity index (χ1) is 15.5. The molecule has 0 saturated carbocycles. The number of nitrogens with zero attached hydrogens (tertiary/aromatic N) is 4. The minimum atomic E-state index is 0.0276. The molecule has 1 saturated heterocycles. The maximum Gasteiger partial charge on any atom is 0.243 e. The third-order valence-electron chi connectivity index (χ3n) is 6.15. The van der Waals surface area contributed by atoms with Crippen molar-refractivity contribution in [3.05, 3.63) is 35.9 Å². The van der Waals surface area contributed by atoms with E-state index < -0.39 is 0 Å². The minimum absolute atomic E-state index is 0.0276. The van der Waals surface area contributed by atoms with E-state index in [9.17, 15) is 4.79 Å². The number of methoxy groups -OCH3 is 1. The summed E-state index contributed by atoms with van der Waals surface area (Å²) in [6, 6.07) is 10.5. The topological polar surface area (TPSA) is 60.4 Å². The normalized spacial score (nSPS) is 15.3. The molecule has 1 aliphatic heterocycles. The third-order valence-corrected chi connectivity index (χ3v) is 6.15. The second-order valence-electron chi connectivity index (χ2n) is 8.96. The highest BCUT2D eigenvalue weighted by Crippen LogP contribution is 2.22. The maximum absolute atomic E-state index is 12.1. The standard InChI is InChI=1S/C25H43N5O2/c1-28(2)24(31)21-27-25(26-15-12-22-9-6-5-7-10-22)30-17-13-23(14-18-30)11-8-16-29(3)19-20-32-4/h5-7,9-10,23H,8,11-21H2,1-4H3,(H,26,27). The number of benzene rings is 1. The monoisotopic (exact) mass is 445 g/mol. The molecule has 1 amide bonds. The average Bonchev–Trinajstić information content (AvgIpc) is 2.81. The largest absolute Gasteiger partial charge is 0.383 e. The molecule has 0 spiro atoms. The van der Waals surface area contributed by atoms with E-state index >= 15 is 0 Å². The van der Waals surface area contributed by atoms with Gasteiger partial charge in [-0.15, -0.1) is 0 Å². The first-order valence-electron chi connectivity index (χ1n) is 11.9. The highest BCUT2D eigenvalue weighted by atomic mass is 16.5. The van der Waals surface area contributed by atoms with Crippen LogP contribution in [0, 0.1) is 5.92 Å². The second-order valence-corrected chi connectivity index (χ2v) is 8.96. The summed E-state index contributed by atoms with van der Waals surface area (Å²) in [6.07, 6.45) is 5.82. The Morgan fingerprint density at radius 2 is 1.88 bits per heavy atom. The van der Waals surface area contributed by atoms with Crippen molar-refractivity contribution in [2.24, 2.45) is 10.9 Å². The van der Waals surface area contributed by atoms with Gasteiger partial charge in [0.15, 0.2) is 5.96 Å². The lowest BCUT2D eigenvalue weighted by molar-refractivity contribution is -0.127. The van der Waals surface area contributed by atoms with Gasteiger partial charge >= 0.3 is 0 Å². The van der Waals surface area contributed by atoms with Crippen LogP contribution in [0.2, 0.25) is 0 Å². The number of aliphatic imine (C=N–C) groups is 1. The summed E-state index contributed by atoms with van der Waals surface area (Å²) in [4.78, 5) is 23.0. The Morgan fingerprint density at radius 3 is 2.53 bits per heavy atom. The number of hydrogen-bond donors (Lipinski definition) is 1. The molecule has 0 aliphatic carbocycles. The Bertz CT molecular complexity index is 672. The van der Waals surface area contributed by atoms with Gasteiger partial charge in [0.25, 0.3) is 0 Å². The molecule has 7 heteroatoms. The zero-order valence-corrected chi connectivity index (χ0v) is 20.6. The van der Waals surface area contributed by atoms with Crippen LogP contribution in [0.3, 0.4) is 0 Å². The summed E-state index contributed by atoms with van der Waals surface area (Å²) in [5.41, 5.74) is 1.30. The lowest BCUT2D eigenvalue weighted by Gasteiger charge is -2.34. The van der Waals surface area contributed by atoms with Crippen molar-refractivity contribution < 1.29 is 9.53 Å². The lowest BCUT2D eigenvalue weighted by atomic mass is 9.92. The lowest BCUT2D eigenvalue weighted by Crippen LogP contribution is -2.46. The molecule has 2 rings (SSSR count). The third kappa shape index (κ3) is 10.0. The van der Waals surface area contributed by atoms with Crippen LogP contribution in [0.5, 0.6) is 0 Å². The Labute approximate surface area is 194 Å². The number of amides is 1. The first kappa shape index (κ1) is 26.1. The molecular formula is C25H43N5O2. The molecule has 180 valence electrons. The molecule has 1 aromatic rings. The summed E-state index contributed by atoms with van der Waals surface area (Å²) in [5, 5.41) is 3.51. The van der Waals surface area contributed by atoms with Crippen LogP contribution in [0.25, 0.3) is 0 Å². The maximum atomic E-state index is 12.1. The van der Waals surface area contributed by atoms with Crippen LogP contribution in [0.1, 0.15) is 31.2 Å². The number of rotatable bonds is 12. The predicted molar refractivity (Wildman–Crippen MR) is 132 cm³/mol. The Kier molecular flexibility index (Phi) is 12.1. The molecule has 0 atom stereocenters. The van der Waals surface area contributed by atoms with Crippen LogP contribution in [-0.2, 0) is 16.0 Å². The van der Waals surface area contributed by atoms with E-state index in [1.807, 2.05) is 6.07 Å². The Morgan fingerprint density at radius 1 is 1.16 bits per heavy atom. The SMILES string of the molecule is COCCN(C)CCCC1CCN(C(=NCC(=O)N(C)C)NCCc2ccccc2)CC1. The number of carbonyl (C=O) groups is 1. The molecule has 1 heterocycles. The summed E-state index contributed by atoms with van der Waals surface area (Å²) >= 11 is 0. The minimum Gasteiger partial charge on any atom is -0.383 e. The number of hydrogen-bond acceptors (Lipinski definition) is 4. The number of likely N-dealkylation sites (N-methyl/N-ethyl adjacent to an activating group) is 2. The molecule has 1 aromatic carbocycles. The molecular weight excluding hydrogens is 402 g/mol. The summed E-state index contributed by atoms with van der Waals surface area (Å²) < 4.78 is 5.16. The molecule has 0 unspecified atom stereocenters. The van der Waals surface area contributed by atoms with E-state index in [-0.39, 0.29) is 12.5 Å². The quantitative estimate of drug-likeness (QED) is 0.395. The highest BCUT2D eigenvalue weighted by molar-refractivity contribution is 5.84. The van der Waals surface area contributed by atoms with Crippen molar-refractivity contribution in [1.29, 1.82) is 0 Å². The fourth-order valence-electron chi connectivity index (χ4n) is 3.96. The van der Waals surface area contributed by atoms with E-state index in [4.69, 9.17) is 4.74 Å². The number of carbonyl (C=O) groups excluding carboxylic acids is 1. The van der Waals surface area contributed by atoms with Crippen molar-refractivity contribution >= 4 is 11.9 Å². The van der Waals surface area contributed by atoms with Gasteiger partial charge in [0, 0.05) is 47.4 Å². The van der Waals surface area contributed by atoms with Crippen molar-refractivity contribution in [1.82, 2.24) is 20.0 Å². The average molecular weight is 446 g/mol. The molecule has 0 radical (unpaired) electrons. The summed E-state index contributed by atoms with van der Waals surface area (Å²) in [7, 11) is 7.48. The molecule has 1 N–H and O–H groups in total. The number of guanidine groups is 1. The van der Waals surface area contributed by atoms with Gasteiger partial charge in [-0.25, -0.2) is 4.99 Å². The highest BCUT2D eigenvalue weighted by Gasteiger charge is 2.22. The van der Waals surface area contributed by atoms with E-state index in [1.54, 1.807) is 26.1 Å². The van der Waals surface area contributed by atoms with Crippen LogP contribution in [-0.4, -0.2) is 101 Å². The molecule has 0 aromatic heterocycles. The van der Waals surface area contributed by atoms with Crippen LogP contribution in [0.15, 0.2) is 35.3 Å². The molecule has 1 fully saturated rings. The van der Waals surface area contributed by atoms with Crippen LogP contribution in [0.4, 0.5) is 0 Å². The van der Waals surface area contributed by atoms with Crippen molar-refractivity contribution in [3.8, 4) is 0 Å². The number of piperidine rings is 1. The van der Waals surface area contributed by atoms with E-state index in [2.05, 4.69) is 51.4 Å². The van der Waals surface area contributed by atoms with E-state index in [0.717, 1.165) is 57.6 Å². The van der Waals surface area contributed by atoms with Gasteiger partial charge in [-0.3, -0.25) is 4.79 Å². The van der Waals surface area contributed by atoms with Crippen molar-refractivity contribution in [3.63, 3.8) is 0 Å².